The van der Waals surface area contributed by atoms with Crippen molar-refractivity contribution in [3.63, 3.8) is 0 Å². The Morgan fingerprint density at radius 2 is 1.89 bits per heavy atom. The molecule has 4 N–H and O–H groups in total. The maximum atomic E-state index is 11.3. The SMILES string of the molecule is CC(C)(C)c1ccc(C(O)CNC(=O)CCN)cc1. The third-order valence-corrected chi connectivity index (χ3v) is 3.03. The lowest BCUT2D eigenvalue weighted by Crippen LogP contribution is -2.29. The second kappa shape index (κ2) is 6.68. The van der Waals surface area contributed by atoms with Crippen molar-refractivity contribution in [2.45, 2.75) is 38.7 Å². The standard InChI is InChI=1S/C15H24N2O2/c1-15(2,3)12-6-4-11(5-7-12)13(18)10-17-14(19)8-9-16/h4-7,13,18H,8-10,16H2,1-3H3,(H,17,19). The molecule has 1 aromatic rings. The first-order valence-corrected chi connectivity index (χ1v) is 6.60. The molecule has 0 radical (unpaired) electrons. The van der Waals surface area contributed by atoms with Crippen LogP contribution in [0.3, 0.4) is 0 Å². The number of nitrogens with two attached hydrogens (primary N) is 1. The fraction of sp³-hybridized carbons (Fsp3) is 0.533. The molecule has 0 saturated carbocycles. The van der Waals surface area contributed by atoms with Crippen LogP contribution in [-0.4, -0.2) is 24.1 Å². The Morgan fingerprint density at radius 1 is 1.32 bits per heavy atom. The van der Waals surface area contributed by atoms with Gasteiger partial charge in [0.2, 0.25) is 5.91 Å². The number of rotatable bonds is 5. The highest BCUT2D eigenvalue weighted by molar-refractivity contribution is 5.76. The van der Waals surface area contributed by atoms with Crippen molar-refractivity contribution >= 4 is 5.91 Å². The number of amides is 1. The molecular formula is C15H24N2O2. The van der Waals surface area contributed by atoms with Crippen LogP contribution in [0.2, 0.25) is 0 Å². The lowest BCUT2D eigenvalue weighted by molar-refractivity contribution is -0.121. The first kappa shape index (κ1) is 15.7. The van der Waals surface area contributed by atoms with Crippen molar-refractivity contribution in [2.75, 3.05) is 13.1 Å². The number of hydrogen-bond donors (Lipinski definition) is 3. The Hall–Kier alpha value is -1.39. The molecule has 0 aromatic heterocycles. The maximum absolute atomic E-state index is 11.3. The number of benzene rings is 1. The summed E-state index contributed by atoms with van der Waals surface area (Å²) in [5.74, 6) is -0.132. The molecule has 1 rings (SSSR count). The van der Waals surface area contributed by atoms with Crippen LogP contribution < -0.4 is 11.1 Å². The lowest BCUT2D eigenvalue weighted by Gasteiger charge is -2.20. The van der Waals surface area contributed by atoms with Gasteiger partial charge in [-0.05, 0) is 16.5 Å². The minimum Gasteiger partial charge on any atom is -0.387 e. The van der Waals surface area contributed by atoms with E-state index in [1.54, 1.807) is 0 Å². The predicted molar refractivity (Wildman–Crippen MR) is 76.8 cm³/mol. The summed E-state index contributed by atoms with van der Waals surface area (Å²) in [4.78, 5) is 11.3. The molecule has 4 nitrogen and oxygen atoms in total. The summed E-state index contributed by atoms with van der Waals surface area (Å²) in [5, 5.41) is 12.6. The van der Waals surface area contributed by atoms with Gasteiger partial charge in [-0.1, -0.05) is 45.0 Å². The van der Waals surface area contributed by atoms with Gasteiger partial charge in [0.05, 0.1) is 6.10 Å². The topological polar surface area (TPSA) is 75.3 Å². The van der Waals surface area contributed by atoms with E-state index in [9.17, 15) is 9.90 Å². The Morgan fingerprint density at radius 3 is 2.37 bits per heavy atom. The van der Waals surface area contributed by atoms with E-state index < -0.39 is 6.10 Å². The number of hydrogen-bond acceptors (Lipinski definition) is 3. The molecule has 0 bridgehead atoms. The molecular weight excluding hydrogens is 240 g/mol. The molecule has 4 heteroatoms. The Kier molecular flexibility index (Phi) is 5.51. The van der Waals surface area contributed by atoms with Gasteiger partial charge in [-0.15, -0.1) is 0 Å². The monoisotopic (exact) mass is 264 g/mol. The van der Waals surface area contributed by atoms with Crippen LogP contribution in [0.25, 0.3) is 0 Å². The van der Waals surface area contributed by atoms with E-state index in [0.717, 1.165) is 5.56 Å². The molecule has 0 fully saturated rings. The summed E-state index contributed by atoms with van der Waals surface area (Å²) in [5.41, 5.74) is 7.40. The molecule has 1 unspecified atom stereocenters. The van der Waals surface area contributed by atoms with Gasteiger partial charge in [0.1, 0.15) is 0 Å². The third kappa shape index (κ3) is 5.01. The van der Waals surface area contributed by atoms with Crippen LogP contribution >= 0.6 is 0 Å². The molecule has 1 aromatic carbocycles. The van der Waals surface area contributed by atoms with Crippen molar-refractivity contribution in [1.29, 1.82) is 0 Å². The summed E-state index contributed by atoms with van der Waals surface area (Å²) >= 11 is 0. The zero-order valence-electron chi connectivity index (χ0n) is 11.9. The van der Waals surface area contributed by atoms with E-state index >= 15 is 0 Å². The van der Waals surface area contributed by atoms with Gasteiger partial charge in [0.25, 0.3) is 0 Å². The zero-order valence-corrected chi connectivity index (χ0v) is 11.9. The number of aliphatic hydroxyl groups excluding tert-OH is 1. The smallest absolute Gasteiger partial charge is 0.221 e. The van der Waals surface area contributed by atoms with Crippen LogP contribution in [-0.2, 0) is 10.2 Å². The zero-order chi connectivity index (χ0) is 14.5. The van der Waals surface area contributed by atoms with Crippen molar-refractivity contribution < 1.29 is 9.90 Å². The largest absolute Gasteiger partial charge is 0.387 e. The molecule has 0 saturated heterocycles. The van der Waals surface area contributed by atoms with Crippen molar-refractivity contribution in [3.05, 3.63) is 35.4 Å². The van der Waals surface area contributed by atoms with E-state index in [1.165, 1.54) is 5.56 Å². The van der Waals surface area contributed by atoms with Gasteiger partial charge in [0, 0.05) is 19.5 Å². The average molecular weight is 264 g/mol. The van der Waals surface area contributed by atoms with Gasteiger partial charge in [-0.2, -0.15) is 0 Å². The molecule has 1 atom stereocenters. The third-order valence-electron chi connectivity index (χ3n) is 3.03. The van der Waals surface area contributed by atoms with E-state index in [-0.39, 0.29) is 24.3 Å². The Labute approximate surface area is 115 Å². The molecule has 19 heavy (non-hydrogen) atoms. The van der Waals surface area contributed by atoms with E-state index in [4.69, 9.17) is 5.73 Å². The summed E-state index contributed by atoms with van der Waals surface area (Å²) in [6.07, 6.45) is -0.397. The van der Waals surface area contributed by atoms with E-state index in [0.29, 0.717) is 6.54 Å². The first-order valence-electron chi connectivity index (χ1n) is 6.60. The van der Waals surface area contributed by atoms with Crippen molar-refractivity contribution in [1.82, 2.24) is 5.32 Å². The average Bonchev–Trinajstić information content (AvgIpc) is 2.35. The summed E-state index contributed by atoms with van der Waals surface area (Å²) < 4.78 is 0. The number of carbonyl (C=O) groups excluding carboxylic acids is 1. The van der Waals surface area contributed by atoms with Gasteiger partial charge in [0.15, 0.2) is 0 Å². The minimum atomic E-state index is -0.684. The summed E-state index contributed by atoms with van der Waals surface area (Å²) in [6, 6.07) is 7.83. The number of nitrogens with one attached hydrogen (secondary N) is 1. The molecule has 0 aliphatic heterocycles. The maximum Gasteiger partial charge on any atom is 0.221 e. The second-order valence-corrected chi connectivity index (χ2v) is 5.73. The Balaban J connectivity index is 2.58. The normalized spacial score (nSPS) is 13.1. The summed E-state index contributed by atoms with van der Waals surface area (Å²) in [6.45, 7) is 6.97. The van der Waals surface area contributed by atoms with Crippen LogP contribution in [0.4, 0.5) is 0 Å². The molecule has 106 valence electrons. The molecule has 1 amide bonds. The molecule has 0 heterocycles. The predicted octanol–water partition coefficient (Wildman–Crippen LogP) is 1.48. The summed E-state index contributed by atoms with van der Waals surface area (Å²) in [7, 11) is 0. The quantitative estimate of drug-likeness (QED) is 0.754. The van der Waals surface area contributed by atoms with Crippen molar-refractivity contribution in [2.24, 2.45) is 5.73 Å². The fourth-order valence-electron chi connectivity index (χ4n) is 1.75. The van der Waals surface area contributed by atoms with E-state index in [2.05, 4.69) is 26.1 Å². The fourth-order valence-corrected chi connectivity index (χ4v) is 1.75. The lowest BCUT2D eigenvalue weighted by atomic mass is 9.86. The molecule has 0 aliphatic rings. The first-order chi connectivity index (χ1) is 8.84. The highest BCUT2D eigenvalue weighted by atomic mass is 16.3. The second-order valence-electron chi connectivity index (χ2n) is 5.73. The van der Waals surface area contributed by atoms with Gasteiger partial charge < -0.3 is 16.2 Å². The molecule has 0 aliphatic carbocycles. The van der Waals surface area contributed by atoms with Crippen LogP contribution in [0.5, 0.6) is 0 Å². The highest BCUT2D eigenvalue weighted by Gasteiger charge is 2.14. The number of carbonyl (C=O) groups is 1. The minimum absolute atomic E-state index is 0.0961. The van der Waals surface area contributed by atoms with Gasteiger partial charge >= 0.3 is 0 Å². The van der Waals surface area contributed by atoms with Gasteiger partial charge in [-0.3, -0.25) is 4.79 Å². The molecule has 0 spiro atoms. The van der Waals surface area contributed by atoms with Crippen LogP contribution in [0.1, 0.15) is 44.4 Å². The highest BCUT2D eigenvalue weighted by Crippen LogP contribution is 2.23. The van der Waals surface area contributed by atoms with Crippen molar-refractivity contribution in [3.8, 4) is 0 Å². The van der Waals surface area contributed by atoms with E-state index in [1.807, 2.05) is 24.3 Å². The Bertz CT molecular complexity index is 407. The number of aliphatic hydroxyl groups is 1. The van der Waals surface area contributed by atoms with Crippen LogP contribution in [0.15, 0.2) is 24.3 Å². The van der Waals surface area contributed by atoms with Gasteiger partial charge in [-0.25, -0.2) is 0 Å². The van der Waals surface area contributed by atoms with Crippen LogP contribution in [0, 0.1) is 0 Å².